The average Bonchev–Trinajstić information content (AvgIpc) is 2.98. The summed E-state index contributed by atoms with van der Waals surface area (Å²) in [5.74, 6) is -12.4. The number of anilines is 2. The van der Waals surface area contributed by atoms with E-state index >= 15 is 0 Å². The molecule has 0 spiro atoms. The number of amides is 1. The summed E-state index contributed by atoms with van der Waals surface area (Å²) in [6.07, 6.45) is 1.19. The lowest BCUT2D eigenvalue weighted by Gasteiger charge is -2.16. The zero-order chi connectivity index (χ0) is 23.2. The lowest BCUT2D eigenvalue weighted by atomic mass is 10.0. The normalized spacial score (nSPS) is 15.0. The number of hydrazone groups is 1. The predicted molar refractivity (Wildman–Crippen MR) is 102 cm³/mol. The minimum absolute atomic E-state index is 0.0735. The summed E-state index contributed by atoms with van der Waals surface area (Å²) < 4.78 is 68.7. The summed E-state index contributed by atoms with van der Waals surface area (Å²) in [6, 6.07) is 3.85. The van der Waals surface area contributed by atoms with Gasteiger partial charge in [-0.1, -0.05) is 0 Å². The van der Waals surface area contributed by atoms with Crippen LogP contribution in [0.25, 0.3) is 6.08 Å². The van der Waals surface area contributed by atoms with Gasteiger partial charge in [0.05, 0.1) is 16.2 Å². The molecule has 12 heteroatoms. The summed E-state index contributed by atoms with van der Waals surface area (Å²) in [4.78, 5) is 24.8. The van der Waals surface area contributed by atoms with Crippen molar-refractivity contribution in [2.24, 2.45) is 5.10 Å². The zero-order valence-corrected chi connectivity index (χ0v) is 16.2. The molecule has 0 unspecified atom stereocenters. The Morgan fingerprint density at radius 1 is 1.03 bits per heavy atom. The molecule has 0 N–H and O–H groups in total. The van der Waals surface area contributed by atoms with Gasteiger partial charge in [-0.15, -0.1) is 0 Å². The molecule has 31 heavy (non-hydrogen) atoms. The molecule has 0 aromatic heterocycles. The van der Waals surface area contributed by atoms with Crippen molar-refractivity contribution < 1.29 is 31.7 Å². The molecule has 2 aromatic rings. The highest BCUT2D eigenvalue weighted by Gasteiger charge is 2.37. The second kappa shape index (κ2) is 7.78. The van der Waals surface area contributed by atoms with Crippen molar-refractivity contribution in [2.45, 2.75) is 6.92 Å². The van der Waals surface area contributed by atoms with E-state index in [1.807, 2.05) is 0 Å². The van der Waals surface area contributed by atoms with Crippen LogP contribution in [-0.2, 0) is 4.79 Å². The van der Waals surface area contributed by atoms with E-state index in [1.54, 1.807) is 19.0 Å². The molecule has 0 bridgehead atoms. The van der Waals surface area contributed by atoms with Crippen LogP contribution < -0.4 is 9.91 Å². The number of nitrogens with zero attached hydrogens (tertiary/aromatic N) is 4. The Bertz CT molecular complexity index is 1160. The molecule has 0 fully saturated rings. The maximum atomic E-state index is 14.1. The van der Waals surface area contributed by atoms with Crippen molar-refractivity contribution >= 4 is 34.8 Å². The monoisotopic (exact) mass is 440 g/mol. The van der Waals surface area contributed by atoms with Gasteiger partial charge in [0.25, 0.3) is 11.6 Å². The van der Waals surface area contributed by atoms with Crippen molar-refractivity contribution in [3.63, 3.8) is 0 Å². The molecular formula is C19H13F5N4O3. The number of nitro benzene ring substituents is 1. The van der Waals surface area contributed by atoms with Crippen LogP contribution in [-0.4, -0.2) is 30.6 Å². The van der Waals surface area contributed by atoms with Gasteiger partial charge in [0.2, 0.25) is 5.82 Å². The molecule has 7 nitrogen and oxygen atoms in total. The fraction of sp³-hybridized carbons (Fsp3) is 0.158. The van der Waals surface area contributed by atoms with E-state index in [0.717, 1.165) is 0 Å². The topological polar surface area (TPSA) is 79.0 Å². The Hall–Kier alpha value is -3.83. The third kappa shape index (κ3) is 3.60. The molecule has 2 aromatic carbocycles. The first kappa shape index (κ1) is 21.9. The fourth-order valence-electron chi connectivity index (χ4n) is 2.95. The first-order valence-corrected chi connectivity index (χ1v) is 8.54. The van der Waals surface area contributed by atoms with Gasteiger partial charge in [0, 0.05) is 37.5 Å². The minimum Gasteiger partial charge on any atom is -0.377 e. The van der Waals surface area contributed by atoms with Gasteiger partial charge in [-0.05, 0) is 19.1 Å². The van der Waals surface area contributed by atoms with Gasteiger partial charge in [-0.2, -0.15) is 10.1 Å². The summed E-state index contributed by atoms with van der Waals surface area (Å²) in [5.41, 5.74) is -1.47. The van der Waals surface area contributed by atoms with Crippen LogP contribution in [0.4, 0.5) is 39.0 Å². The zero-order valence-electron chi connectivity index (χ0n) is 16.2. The largest absolute Gasteiger partial charge is 0.377 e. The van der Waals surface area contributed by atoms with Crippen molar-refractivity contribution in [3.05, 3.63) is 68.5 Å². The number of halogens is 5. The standard InChI is InChI=1S/C19H13F5N4O3/c1-8-11(7-9-6-10(28(30)31)4-5-12(9)26(2)3)19(29)27(25-8)18-16(23)14(21)13(20)15(22)17(18)24/h4-7H,1-3H3/b11-7+. The third-order valence-electron chi connectivity index (χ3n) is 4.46. The Labute approximate surface area is 171 Å². The first-order valence-electron chi connectivity index (χ1n) is 8.54. The van der Waals surface area contributed by atoms with Crippen LogP contribution >= 0.6 is 0 Å². The molecule has 3 rings (SSSR count). The van der Waals surface area contributed by atoms with Crippen molar-refractivity contribution in [1.82, 2.24) is 0 Å². The summed E-state index contributed by atoms with van der Waals surface area (Å²) in [6.45, 7) is 1.28. The molecule has 162 valence electrons. The van der Waals surface area contributed by atoms with E-state index in [1.165, 1.54) is 31.2 Å². The van der Waals surface area contributed by atoms with Crippen LogP contribution in [0.2, 0.25) is 0 Å². The highest BCUT2D eigenvalue weighted by Crippen LogP contribution is 2.35. The van der Waals surface area contributed by atoms with Crippen molar-refractivity contribution in [3.8, 4) is 0 Å². The Balaban J connectivity index is 2.15. The fourth-order valence-corrected chi connectivity index (χ4v) is 2.95. The minimum atomic E-state index is -2.37. The number of hydrogen-bond acceptors (Lipinski definition) is 5. The van der Waals surface area contributed by atoms with E-state index in [0.29, 0.717) is 5.69 Å². The van der Waals surface area contributed by atoms with Gasteiger partial charge in [-0.25, -0.2) is 22.0 Å². The molecule has 0 saturated heterocycles. The Morgan fingerprint density at radius 3 is 2.10 bits per heavy atom. The molecule has 0 radical (unpaired) electrons. The highest BCUT2D eigenvalue weighted by molar-refractivity contribution is 6.32. The van der Waals surface area contributed by atoms with E-state index in [-0.39, 0.29) is 27.5 Å². The van der Waals surface area contributed by atoms with Crippen molar-refractivity contribution in [2.75, 3.05) is 24.0 Å². The van der Waals surface area contributed by atoms with Gasteiger partial charge in [0.15, 0.2) is 23.3 Å². The van der Waals surface area contributed by atoms with Crippen LogP contribution in [0.3, 0.4) is 0 Å². The number of benzene rings is 2. The van der Waals surface area contributed by atoms with Gasteiger partial charge in [0.1, 0.15) is 5.69 Å². The lowest BCUT2D eigenvalue weighted by molar-refractivity contribution is -0.384. The number of hydrogen-bond donors (Lipinski definition) is 0. The van der Waals surface area contributed by atoms with Gasteiger partial charge in [-0.3, -0.25) is 14.9 Å². The summed E-state index contributed by atoms with van der Waals surface area (Å²) >= 11 is 0. The Kier molecular flexibility index (Phi) is 5.49. The molecular weight excluding hydrogens is 427 g/mol. The SMILES string of the molecule is CC1=NN(c2c(F)c(F)c(F)c(F)c2F)C(=O)/C1=C/c1cc([N+](=O)[O-])ccc1N(C)C. The smallest absolute Gasteiger partial charge is 0.280 e. The van der Waals surface area contributed by atoms with E-state index in [4.69, 9.17) is 0 Å². The van der Waals surface area contributed by atoms with Gasteiger partial charge >= 0.3 is 0 Å². The summed E-state index contributed by atoms with van der Waals surface area (Å²) in [5, 5.41) is 14.8. The molecule has 1 aliphatic heterocycles. The van der Waals surface area contributed by atoms with Gasteiger partial charge < -0.3 is 4.90 Å². The molecule has 0 atom stereocenters. The molecule has 0 saturated carbocycles. The number of carbonyl (C=O) groups excluding carboxylic acids is 1. The van der Waals surface area contributed by atoms with E-state index in [9.17, 15) is 36.9 Å². The van der Waals surface area contributed by atoms with Crippen LogP contribution in [0, 0.1) is 39.2 Å². The number of rotatable bonds is 4. The lowest BCUT2D eigenvalue weighted by Crippen LogP contribution is -2.25. The molecule has 1 heterocycles. The number of carbonyl (C=O) groups is 1. The van der Waals surface area contributed by atoms with Crippen LogP contribution in [0.15, 0.2) is 28.9 Å². The predicted octanol–water partition coefficient (Wildman–Crippen LogP) is 4.16. The average molecular weight is 440 g/mol. The van der Waals surface area contributed by atoms with Crippen LogP contribution in [0.1, 0.15) is 12.5 Å². The van der Waals surface area contributed by atoms with E-state index < -0.39 is 45.6 Å². The maximum Gasteiger partial charge on any atom is 0.280 e. The maximum absolute atomic E-state index is 14.1. The highest BCUT2D eigenvalue weighted by atomic mass is 19.2. The second-order valence-electron chi connectivity index (χ2n) is 6.67. The number of non-ortho nitro benzene ring substituents is 1. The molecule has 0 aliphatic carbocycles. The number of nitro groups is 1. The summed E-state index contributed by atoms with van der Waals surface area (Å²) in [7, 11) is 3.28. The van der Waals surface area contributed by atoms with E-state index in [2.05, 4.69) is 5.10 Å². The quantitative estimate of drug-likeness (QED) is 0.179. The van der Waals surface area contributed by atoms with Crippen LogP contribution in [0.5, 0.6) is 0 Å². The third-order valence-corrected chi connectivity index (χ3v) is 4.46. The molecule has 1 aliphatic rings. The van der Waals surface area contributed by atoms with Crippen molar-refractivity contribution in [1.29, 1.82) is 0 Å². The molecule has 1 amide bonds. The first-order chi connectivity index (χ1) is 14.5. The Morgan fingerprint density at radius 2 is 1.58 bits per heavy atom. The second-order valence-corrected chi connectivity index (χ2v) is 6.67.